The Morgan fingerprint density at radius 3 is 2.41 bits per heavy atom. The average molecular weight is 377 g/mol. The smallest absolute Gasteiger partial charge is 0.290 e. The van der Waals surface area contributed by atoms with E-state index in [0.29, 0.717) is 5.56 Å². The molecule has 2 N–H and O–H groups in total. The first-order valence-electron chi connectivity index (χ1n) is 8.95. The summed E-state index contributed by atoms with van der Waals surface area (Å²) in [5.74, 6) is -1.69. The molecule has 0 aromatic heterocycles. The Morgan fingerprint density at radius 1 is 1.22 bits per heavy atom. The molecule has 7 nitrogen and oxygen atoms in total. The number of carbonyl (C=O) groups is 2. The zero-order valence-electron chi connectivity index (χ0n) is 16.4. The van der Waals surface area contributed by atoms with E-state index in [2.05, 4.69) is 0 Å². The van der Waals surface area contributed by atoms with Crippen LogP contribution in [-0.4, -0.2) is 53.2 Å². The molecule has 148 valence electrons. The highest BCUT2D eigenvalue weighted by Crippen LogP contribution is 2.41. The molecule has 1 atom stereocenters. The van der Waals surface area contributed by atoms with Gasteiger partial charge in [0.1, 0.15) is 0 Å². The van der Waals surface area contributed by atoms with Crippen molar-refractivity contribution < 1.29 is 29.3 Å². The summed E-state index contributed by atoms with van der Waals surface area (Å²) >= 11 is 0. The summed E-state index contributed by atoms with van der Waals surface area (Å²) in [7, 11) is 1.43. The summed E-state index contributed by atoms with van der Waals surface area (Å²) in [5, 5.41) is 20.5. The molecule has 0 fully saturated rings. The van der Waals surface area contributed by atoms with E-state index in [1.165, 1.54) is 18.1 Å². The fourth-order valence-corrected chi connectivity index (χ4v) is 3.06. The van der Waals surface area contributed by atoms with Crippen LogP contribution in [0.25, 0.3) is 0 Å². The molecule has 1 aliphatic rings. The molecular weight excluding hydrogens is 350 g/mol. The number of phenolic OH excluding ortho intramolecular Hbond substituents is 1. The van der Waals surface area contributed by atoms with E-state index < -0.39 is 23.6 Å². The quantitative estimate of drug-likeness (QED) is 0.723. The monoisotopic (exact) mass is 377 g/mol. The number of hydrogen-bond donors (Lipinski definition) is 2. The maximum absolute atomic E-state index is 12.7. The predicted octanol–water partition coefficient (Wildman–Crippen LogP) is 2.75. The van der Waals surface area contributed by atoms with Gasteiger partial charge in [-0.05, 0) is 31.5 Å². The second-order valence-electron chi connectivity index (χ2n) is 7.03. The van der Waals surface area contributed by atoms with Crippen LogP contribution in [-0.2, 0) is 14.3 Å². The molecule has 0 saturated carbocycles. The van der Waals surface area contributed by atoms with Gasteiger partial charge in [-0.25, -0.2) is 0 Å². The number of phenols is 1. The third-order valence-electron chi connectivity index (χ3n) is 4.40. The number of benzene rings is 1. The molecule has 1 aliphatic heterocycles. The van der Waals surface area contributed by atoms with E-state index in [4.69, 9.17) is 9.47 Å². The second kappa shape index (κ2) is 8.43. The lowest BCUT2D eigenvalue weighted by Gasteiger charge is -2.27. The van der Waals surface area contributed by atoms with Crippen molar-refractivity contribution in [1.82, 2.24) is 4.90 Å². The molecule has 0 saturated heterocycles. The molecular formula is C20H27NO6. The fourth-order valence-electron chi connectivity index (χ4n) is 3.06. The zero-order chi connectivity index (χ0) is 20.3. The highest BCUT2D eigenvalue weighted by atomic mass is 16.5. The van der Waals surface area contributed by atoms with Crippen LogP contribution in [0.15, 0.2) is 29.5 Å². The van der Waals surface area contributed by atoms with Crippen molar-refractivity contribution in [3.63, 3.8) is 0 Å². The molecule has 2 rings (SSSR count). The predicted molar refractivity (Wildman–Crippen MR) is 99.7 cm³/mol. The summed E-state index contributed by atoms with van der Waals surface area (Å²) in [6.45, 7) is 7.65. The van der Waals surface area contributed by atoms with Crippen LogP contribution >= 0.6 is 0 Å². The van der Waals surface area contributed by atoms with Crippen LogP contribution in [0.1, 0.15) is 39.3 Å². The zero-order valence-corrected chi connectivity index (χ0v) is 16.4. The summed E-state index contributed by atoms with van der Waals surface area (Å²) in [4.78, 5) is 26.7. The number of carbonyl (C=O) groups excluding carboxylic acids is 2. The maximum atomic E-state index is 12.7. The van der Waals surface area contributed by atoms with Gasteiger partial charge in [-0.3, -0.25) is 9.59 Å². The van der Waals surface area contributed by atoms with Crippen molar-refractivity contribution >= 4 is 11.7 Å². The molecule has 1 heterocycles. The first kappa shape index (κ1) is 20.8. The van der Waals surface area contributed by atoms with Crippen LogP contribution in [0.5, 0.6) is 11.5 Å². The number of rotatable bonds is 8. The van der Waals surface area contributed by atoms with Gasteiger partial charge < -0.3 is 24.6 Å². The number of aromatic hydroxyl groups is 1. The first-order valence-corrected chi connectivity index (χ1v) is 8.95. The van der Waals surface area contributed by atoms with E-state index in [1.807, 2.05) is 13.8 Å². The molecule has 0 radical (unpaired) electrons. The SMILES string of the molecule is COc1ccc(C2C(C(=O)C(C)C)=C(O)C(=O)N2CCOC(C)C)cc1O. The minimum absolute atomic E-state index is 0.00971. The van der Waals surface area contributed by atoms with Crippen molar-refractivity contribution in [3.8, 4) is 11.5 Å². The van der Waals surface area contributed by atoms with Crippen LogP contribution in [0.2, 0.25) is 0 Å². The summed E-state index contributed by atoms with van der Waals surface area (Å²) in [5.41, 5.74) is 0.559. The number of amides is 1. The largest absolute Gasteiger partial charge is 0.504 e. The third-order valence-corrected chi connectivity index (χ3v) is 4.40. The molecule has 27 heavy (non-hydrogen) atoms. The van der Waals surface area contributed by atoms with Gasteiger partial charge in [0.05, 0.1) is 31.4 Å². The number of methoxy groups -OCH3 is 1. The van der Waals surface area contributed by atoms with E-state index >= 15 is 0 Å². The minimum atomic E-state index is -0.792. The number of nitrogens with zero attached hydrogens (tertiary/aromatic N) is 1. The molecule has 1 aromatic carbocycles. The Bertz CT molecular complexity index is 753. The summed E-state index contributed by atoms with van der Waals surface area (Å²) in [6.07, 6.45) is -0.00971. The number of Topliss-reactive ketones (excluding diaryl/α,β-unsaturated/α-hetero) is 1. The first-order chi connectivity index (χ1) is 12.7. The Labute approximate surface area is 159 Å². The van der Waals surface area contributed by atoms with Gasteiger partial charge in [0.2, 0.25) is 0 Å². The molecule has 0 aliphatic carbocycles. The van der Waals surface area contributed by atoms with E-state index in [0.717, 1.165) is 0 Å². The van der Waals surface area contributed by atoms with Crippen molar-refractivity contribution in [2.45, 2.75) is 39.8 Å². The standard InChI is InChI=1S/C20H27NO6/c1-11(2)18(23)16-17(13-6-7-15(26-5)14(22)10-13)21(20(25)19(16)24)8-9-27-12(3)4/h6-7,10-12,17,22,24H,8-9H2,1-5H3. The van der Waals surface area contributed by atoms with E-state index in [-0.39, 0.29) is 42.1 Å². The molecule has 1 aromatic rings. The third kappa shape index (κ3) is 4.24. The lowest BCUT2D eigenvalue weighted by atomic mass is 9.91. The highest BCUT2D eigenvalue weighted by Gasteiger charge is 2.43. The van der Waals surface area contributed by atoms with Crippen molar-refractivity contribution in [1.29, 1.82) is 0 Å². The van der Waals surface area contributed by atoms with Crippen molar-refractivity contribution in [3.05, 3.63) is 35.1 Å². The molecule has 0 bridgehead atoms. The lowest BCUT2D eigenvalue weighted by Crippen LogP contribution is -2.34. The number of ketones is 1. The van der Waals surface area contributed by atoms with Crippen molar-refractivity contribution in [2.75, 3.05) is 20.3 Å². The average Bonchev–Trinajstić information content (AvgIpc) is 2.85. The van der Waals surface area contributed by atoms with Gasteiger partial charge in [0, 0.05) is 12.5 Å². The van der Waals surface area contributed by atoms with Crippen LogP contribution in [0, 0.1) is 5.92 Å². The van der Waals surface area contributed by atoms with Gasteiger partial charge in [0.15, 0.2) is 23.0 Å². The molecule has 1 unspecified atom stereocenters. The second-order valence-corrected chi connectivity index (χ2v) is 7.03. The number of ether oxygens (including phenoxy) is 2. The fraction of sp³-hybridized carbons (Fsp3) is 0.500. The topological polar surface area (TPSA) is 96.3 Å². The Kier molecular flexibility index (Phi) is 6.49. The van der Waals surface area contributed by atoms with Gasteiger partial charge >= 0.3 is 0 Å². The van der Waals surface area contributed by atoms with Crippen molar-refractivity contribution in [2.24, 2.45) is 5.92 Å². The van der Waals surface area contributed by atoms with Gasteiger partial charge in [-0.1, -0.05) is 19.9 Å². The number of hydrogen-bond acceptors (Lipinski definition) is 6. The highest BCUT2D eigenvalue weighted by molar-refractivity contribution is 6.09. The summed E-state index contributed by atoms with van der Waals surface area (Å²) in [6, 6.07) is 3.88. The Hall–Kier alpha value is -2.54. The number of aliphatic hydroxyl groups is 1. The van der Waals surface area contributed by atoms with Gasteiger partial charge in [0.25, 0.3) is 5.91 Å². The van der Waals surface area contributed by atoms with Gasteiger partial charge in [-0.2, -0.15) is 0 Å². The maximum Gasteiger partial charge on any atom is 0.290 e. The number of aliphatic hydroxyl groups excluding tert-OH is 1. The normalized spacial score (nSPS) is 17.4. The Balaban J connectivity index is 2.47. The molecule has 1 amide bonds. The lowest BCUT2D eigenvalue weighted by molar-refractivity contribution is -0.130. The Morgan fingerprint density at radius 2 is 1.89 bits per heavy atom. The van der Waals surface area contributed by atoms with Crippen LogP contribution < -0.4 is 4.74 Å². The van der Waals surface area contributed by atoms with E-state index in [1.54, 1.807) is 26.0 Å². The van der Waals surface area contributed by atoms with E-state index in [9.17, 15) is 19.8 Å². The van der Waals surface area contributed by atoms with Gasteiger partial charge in [-0.15, -0.1) is 0 Å². The summed E-state index contributed by atoms with van der Waals surface area (Å²) < 4.78 is 10.6. The minimum Gasteiger partial charge on any atom is -0.504 e. The van der Waals surface area contributed by atoms with Crippen LogP contribution in [0.4, 0.5) is 0 Å². The molecule has 7 heteroatoms. The molecule has 0 spiro atoms. The van der Waals surface area contributed by atoms with Crippen LogP contribution in [0.3, 0.4) is 0 Å².